The molecule has 1 aliphatic heterocycles. The standard InChI is InChI=1S/C17H25NO5/c1-3-22-17(21)18-11-4-5-12-10(6-11)7-13-15(14(12)8-19)9(2)23-16(13)20/h8-15H,3-7H2,1-2H3,(H,18,21)/t9-,10?,11+,12-,13?,14+,15-/m1/s1. The SMILES string of the molecule is CCOC(=O)N[C@H]1CC[C@@H]2C(CC3C(=O)O[C@H](C)[C@H]3[C@H]2C=O)C1. The summed E-state index contributed by atoms with van der Waals surface area (Å²) in [4.78, 5) is 35.4. The van der Waals surface area contributed by atoms with Crippen LogP contribution < -0.4 is 5.32 Å². The molecule has 1 saturated heterocycles. The van der Waals surface area contributed by atoms with E-state index in [1.807, 2.05) is 6.92 Å². The highest BCUT2D eigenvalue weighted by Gasteiger charge is 2.55. The fourth-order valence-electron chi connectivity index (χ4n) is 5.01. The summed E-state index contributed by atoms with van der Waals surface area (Å²) in [7, 11) is 0. The van der Waals surface area contributed by atoms with E-state index in [0.717, 1.165) is 32.0 Å². The number of carbonyl (C=O) groups excluding carboxylic acids is 3. The maximum Gasteiger partial charge on any atom is 0.407 e. The van der Waals surface area contributed by atoms with Crippen LogP contribution in [0, 0.1) is 29.6 Å². The lowest BCUT2D eigenvalue weighted by molar-refractivity contribution is -0.144. The van der Waals surface area contributed by atoms with E-state index in [9.17, 15) is 14.4 Å². The van der Waals surface area contributed by atoms with Crippen LogP contribution in [0.2, 0.25) is 0 Å². The van der Waals surface area contributed by atoms with Crippen molar-refractivity contribution < 1.29 is 23.9 Å². The summed E-state index contributed by atoms with van der Waals surface area (Å²) < 4.78 is 10.3. The van der Waals surface area contributed by atoms with Gasteiger partial charge in [-0.15, -0.1) is 0 Å². The van der Waals surface area contributed by atoms with Gasteiger partial charge in [-0.25, -0.2) is 4.79 Å². The minimum absolute atomic E-state index is 0.0239. The molecule has 2 unspecified atom stereocenters. The van der Waals surface area contributed by atoms with Crippen molar-refractivity contribution in [2.75, 3.05) is 6.61 Å². The molecule has 0 radical (unpaired) electrons. The van der Waals surface area contributed by atoms with Gasteiger partial charge in [0, 0.05) is 17.9 Å². The van der Waals surface area contributed by atoms with Gasteiger partial charge in [-0.05, 0) is 51.4 Å². The second-order valence-corrected chi connectivity index (χ2v) is 7.07. The van der Waals surface area contributed by atoms with Crippen molar-refractivity contribution >= 4 is 18.3 Å². The Morgan fingerprint density at radius 3 is 2.87 bits per heavy atom. The van der Waals surface area contributed by atoms with Gasteiger partial charge in [0.25, 0.3) is 0 Å². The molecule has 7 atom stereocenters. The average molecular weight is 323 g/mol. The fourth-order valence-corrected chi connectivity index (χ4v) is 5.01. The molecule has 0 spiro atoms. The number of nitrogens with one attached hydrogen (secondary N) is 1. The number of fused-ring (bicyclic) bond motifs is 2. The van der Waals surface area contributed by atoms with Gasteiger partial charge < -0.3 is 19.6 Å². The van der Waals surface area contributed by atoms with Gasteiger partial charge in [-0.1, -0.05) is 0 Å². The van der Waals surface area contributed by atoms with Crippen LogP contribution in [0.25, 0.3) is 0 Å². The maximum absolute atomic E-state index is 12.1. The van der Waals surface area contributed by atoms with E-state index < -0.39 is 0 Å². The Morgan fingerprint density at radius 2 is 2.17 bits per heavy atom. The minimum Gasteiger partial charge on any atom is -0.462 e. The van der Waals surface area contributed by atoms with Gasteiger partial charge in [-0.2, -0.15) is 0 Å². The highest BCUT2D eigenvalue weighted by molar-refractivity contribution is 5.77. The van der Waals surface area contributed by atoms with Crippen LogP contribution in [0.4, 0.5) is 4.79 Å². The van der Waals surface area contributed by atoms with Crippen molar-refractivity contribution in [1.29, 1.82) is 0 Å². The zero-order valence-corrected chi connectivity index (χ0v) is 13.7. The molecule has 1 heterocycles. The smallest absolute Gasteiger partial charge is 0.407 e. The molecule has 6 nitrogen and oxygen atoms in total. The normalized spacial score (nSPS) is 42.2. The van der Waals surface area contributed by atoms with Gasteiger partial charge >= 0.3 is 12.1 Å². The maximum atomic E-state index is 12.1. The molecule has 3 fully saturated rings. The van der Waals surface area contributed by atoms with Crippen LogP contribution in [0.5, 0.6) is 0 Å². The van der Waals surface area contributed by atoms with Crippen LogP contribution in [0.3, 0.4) is 0 Å². The van der Waals surface area contributed by atoms with Crippen molar-refractivity contribution in [2.24, 2.45) is 29.6 Å². The fraction of sp³-hybridized carbons (Fsp3) is 0.824. The topological polar surface area (TPSA) is 81.7 Å². The summed E-state index contributed by atoms with van der Waals surface area (Å²) in [6.07, 6.45) is 3.80. The molecule has 0 bridgehead atoms. The van der Waals surface area contributed by atoms with Gasteiger partial charge in [0.2, 0.25) is 0 Å². The molecule has 23 heavy (non-hydrogen) atoms. The van der Waals surface area contributed by atoms with E-state index in [0.29, 0.717) is 12.5 Å². The Bertz CT molecular complexity index is 493. The van der Waals surface area contributed by atoms with Crippen molar-refractivity contribution in [3.8, 4) is 0 Å². The first-order valence-electron chi connectivity index (χ1n) is 8.64. The zero-order valence-electron chi connectivity index (χ0n) is 13.7. The van der Waals surface area contributed by atoms with Crippen LogP contribution in [-0.4, -0.2) is 37.1 Å². The van der Waals surface area contributed by atoms with Crippen molar-refractivity contribution in [1.82, 2.24) is 5.32 Å². The second kappa shape index (κ2) is 6.49. The molecule has 2 aliphatic carbocycles. The zero-order chi connectivity index (χ0) is 16.6. The lowest BCUT2D eigenvalue weighted by Crippen LogP contribution is -2.49. The molecular weight excluding hydrogens is 298 g/mol. The summed E-state index contributed by atoms with van der Waals surface area (Å²) in [6.45, 7) is 4.03. The van der Waals surface area contributed by atoms with E-state index in [-0.39, 0.29) is 47.9 Å². The third-order valence-electron chi connectivity index (χ3n) is 5.90. The summed E-state index contributed by atoms with van der Waals surface area (Å²) in [6, 6.07) is 0.0639. The molecule has 1 amide bonds. The molecule has 6 heteroatoms. The molecule has 0 aromatic rings. The van der Waals surface area contributed by atoms with Gasteiger partial charge in [0.1, 0.15) is 12.4 Å². The highest BCUT2D eigenvalue weighted by Crippen LogP contribution is 2.52. The number of hydrogen-bond donors (Lipinski definition) is 1. The highest BCUT2D eigenvalue weighted by atomic mass is 16.6. The van der Waals surface area contributed by atoms with E-state index in [1.165, 1.54) is 0 Å². The first-order valence-corrected chi connectivity index (χ1v) is 8.64. The van der Waals surface area contributed by atoms with E-state index in [4.69, 9.17) is 9.47 Å². The number of rotatable bonds is 3. The summed E-state index contributed by atoms with van der Waals surface area (Å²) in [5.41, 5.74) is 0. The Hall–Kier alpha value is -1.59. The molecular formula is C17H25NO5. The van der Waals surface area contributed by atoms with Crippen molar-refractivity contribution in [2.45, 2.75) is 51.7 Å². The average Bonchev–Trinajstić information content (AvgIpc) is 2.79. The Balaban J connectivity index is 1.70. The largest absolute Gasteiger partial charge is 0.462 e. The first kappa shape index (κ1) is 16.3. The second-order valence-electron chi connectivity index (χ2n) is 7.07. The lowest BCUT2D eigenvalue weighted by atomic mass is 9.57. The van der Waals surface area contributed by atoms with Crippen LogP contribution in [-0.2, 0) is 19.1 Å². The Kier molecular flexibility index (Phi) is 4.60. The van der Waals surface area contributed by atoms with Crippen molar-refractivity contribution in [3.05, 3.63) is 0 Å². The van der Waals surface area contributed by atoms with Gasteiger partial charge in [0.15, 0.2) is 0 Å². The number of hydrogen-bond acceptors (Lipinski definition) is 5. The third kappa shape index (κ3) is 2.95. The van der Waals surface area contributed by atoms with Crippen molar-refractivity contribution in [3.63, 3.8) is 0 Å². The number of aldehydes is 1. The third-order valence-corrected chi connectivity index (χ3v) is 5.90. The number of esters is 1. The predicted molar refractivity (Wildman–Crippen MR) is 81.5 cm³/mol. The van der Waals surface area contributed by atoms with Gasteiger partial charge in [-0.3, -0.25) is 4.79 Å². The molecule has 128 valence electrons. The molecule has 1 N–H and O–H groups in total. The van der Waals surface area contributed by atoms with E-state index >= 15 is 0 Å². The molecule has 0 aromatic heterocycles. The lowest BCUT2D eigenvalue weighted by Gasteiger charge is -2.46. The van der Waals surface area contributed by atoms with E-state index in [2.05, 4.69) is 5.32 Å². The monoisotopic (exact) mass is 323 g/mol. The minimum atomic E-state index is -0.384. The summed E-state index contributed by atoms with van der Waals surface area (Å²) in [5.74, 6) is 0.173. The summed E-state index contributed by atoms with van der Waals surface area (Å²) >= 11 is 0. The quantitative estimate of drug-likeness (QED) is 0.634. The first-order chi connectivity index (χ1) is 11.0. The van der Waals surface area contributed by atoms with Crippen LogP contribution in [0.1, 0.15) is 39.5 Å². The molecule has 0 aromatic carbocycles. The molecule has 3 rings (SSSR count). The number of amides is 1. The molecule has 2 saturated carbocycles. The number of alkyl carbamates (subject to hydrolysis) is 1. The predicted octanol–water partition coefficient (Wildman–Crippen LogP) is 1.91. The number of cyclic esters (lactones) is 1. The van der Waals surface area contributed by atoms with Gasteiger partial charge in [0.05, 0.1) is 12.5 Å². The van der Waals surface area contributed by atoms with Crippen LogP contribution in [0.15, 0.2) is 0 Å². The molecule has 3 aliphatic rings. The summed E-state index contributed by atoms with van der Waals surface area (Å²) in [5, 5.41) is 2.90. The van der Waals surface area contributed by atoms with E-state index in [1.54, 1.807) is 6.92 Å². The Labute approximate surface area is 136 Å². The number of ether oxygens (including phenoxy) is 2. The van der Waals surface area contributed by atoms with Crippen LogP contribution >= 0.6 is 0 Å². The number of carbonyl (C=O) groups is 3. The Morgan fingerprint density at radius 1 is 1.39 bits per heavy atom.